The van der Waals surface area contributed by atoms with E-state index < -0.39 is 0 Å². The summed E-state index contributed by atoms with van der Waals surface area (Å²) in [6, 6.07) is 3.37. The second-order valence-electron chi connectivity index (χ2n) is 5.04. The van der Waals surface area contributed by atoms with Crippen LogP contribution in [-0.4, -0.2) is 15.9 Å². The van der Waals surface area contributed by atoms with Crippen LogP contribution in [-0.2, 0) is 6.42 Å². The van der Waals surface area contributed by atoms with E-state index in [2.05, 4.69) is 36.1 Å². The van der Waals surface area contributed by atoms with Crippen molar-refractivity contribution >= 4 is 34.7 Å². The fourth-order valence-corrected chi connectivity index (χ4v) is 3.09. The number of rotatable bonds is 5. The van der Waals surface area contributed by atoms with Crippen LogP contribution >= 0.6 is 22.9 Å². The Balaban J connectivity index is 2.23. The minimum Gasteiger partial charge on any atom is -0.305 e. The van der Waals surface area contributed by atoms with E-state index in [1.165, 1.54) is 6.20 Å². The van der Waals surface area contributed by atoms with Crippen molar-refractivity contribution < 1.29 is 4.79 Å². The van der Waals surface area contributed by atoms with Gasteiger partial charge in [0.05, 0.1) is 10.0 Å². The first kappa shape index (κ1) is 15.9. The third-order valence-electron chi connectivity index (χ3n) is 2.87. The highest BCUT2D eigenvalue weighted by Crippen LogP contribution is 2.26. The Morgan fingerprint density at radius 2 is 2.19 bits per heavy atom. The summed E-state index contributed by atoms with van der Waals surface area (Å²) >= 11 is 7.40. The second-order valence-corrected chi connectivity index (χ2v) is 6.60. The van der Waals surface area contributed by atoms with Gasteiger partial charge in [-0.1, -0.05) is 38.8 Å². The van der Waals surface area contributed by atoms with Crippen molar-refractivity contribution in [3.8, 4) is 0 Å². The molecule has 112 valence electrons. The number of carbonyl (C=O) groups excluding carboxylic acids is 1. The molecule has 0 aliphatic rings. The van der Waals surface area contributed by atoms with Crippen molar-refractivity contribution in [1.29, 1.82) is 0 Å². The fourth-order valence-electron chi connectivity index (χ4n) is 1.82. The highest BCUT2D eigenvalue weighted by atomic mass is 35.5. The Kier molecular flexibility index (Phi) is 5.31. The normalized spacial score (nSPS) is 10.9. The summed E-state index contributed by atoms with van der Waals surface area (Å²) in [5.74, 6) is 0.586. The predicted molar refractivity (Wildman–Crippen MR) is 87.4 cm³/mol. The van der Waals surface area contributed by atoms with E-state index in [9.17, 15) is 4.79 Å². The fraction of sp³-hybridized carbons (Fsp3) is 0.400. The summed E-state index contributed by atoms with van der Waals surface area (Å²) in [5, 5.41) is 4.30. The first-order valence-corrected chi connectivity index (χ1v) is 8.13. The van der Waals surface area contributed by atoms with Crippen LogP contribution in [0, 0.1) is 0 Å². The molecule has 0 unspecified atom stereocenters. The minimum absolute atomic E-state index is 0.212. The van der Waals surface area contributed by atoms with Crippen LogP contribution in [0.2, 0.25) is 5.02 Å². The van der Waals surface area contributed by atoms with Gasteiger partial charge in [0.25, 0.3) is 5.91 Å². The van der Waals surface area contributed by atoms with E-state index in [0.29, 0.717) is 22.5 Å². The number of nitrogens with zero attached hydrogens (tertiary/aromatic N) is 2. The lowest BCUT2D eigenvalue weighted by Crippen LogP contribution is -2.15. The highest BCUT2D eigenvalue weighted by molar-refractivity contribution is 7.12. The topological polar surface area (TPSA) is 54.9 Å². The molecule has 0 saturated heterocycles. The number of nitrogens with one attached hydrogen (secondary N) is 1. The molecule has 1 N–H and O–H groups in total. The summed E-state index contributed by atoms with van der Waals surface area (Å²) in [6.45, 7) is 6.26. The molecule has 21 heavy (non-hydrogen) atoms. The van der Waals surface area contributed by atoms with Gasteiger partial charge in [-0.05, 0) is 18.6 Å². The number of pyridine rings is 1. The zero-order valence-electron chi connectivity index (χ0n) is 12.3. The van der Waals surface area contributed by atoms with Crippen LogP contribution in [0.4, 0.5) is 5.82 Å². The number of thiazole rings is 1. The predicted octanol–water partition coefficient (Wildman–Crippen LogP) is 4.52. The van der Waals surface area contributed by atoms with E-state index in [-0.39, 0.29) is 5.91 Å². The van der Waals surface area contributed by atoms with Gasteiger partial charge in [0.2, 0.25) is 0 Å². The van der Waals surface area contributed by atoms with Crippen molar-refractivity contribution in [1.82, 2.24) is 9.97 Å². The molecular formula is C15H18ClN3OS. The average molecular weight is 324 g/mol. The van der Waals surface area contributed by atoms with Crippen molar-refractivity contribution in [3.05, 3.63) is 38.9 Å². The summed E-state index contributed by atoms with van der Waals surface area (Å²) in [6.07, 6.45) is 3.35. The first-order chi connectivity index (χ1) is 10.0. The monoisotopic (exact) mass is 323 g/mol. The van der Waals surface area contributed by atoms with Gasteiger partial charge in [0.15, 0.2) is 0 Å². The molecule has 2 aromatic heterocycles. The maximum Gasteiger partial charge on any atom is 0.276 e. The van der Waals surface area contributed by atoms with Crippen LogP contribution < -0.4 is 5.32 Å². The molecule has 0 atom stereocenters. The molecule has 2 aromatic rings. The Labute approximate surface area is 133 Å². The van der Waals surface area contributed by atoms with Crippen LogP contribution in [0.3, 0.4) is 0 Å². The van der Waals surface area contributed by atoms with E-state index in [0.717, 1.165) is 22.7 Å². The first-order valence-electron chi connectivity index (χ1n) is 6.93. The molecule has 0 aromatic carbocycles. The number of anilines is 1. The van der Waals surface area contributed by atoms with Crippen LogP contribution in [0.1, 0.15) is 53.5 Å². The number of carbonyl (C=O) groups is 1. The lowest BCUT2D eigenvalue weighted by molar-refractivity contribution is 0.102. The zero-order valence-corrected chi connectivity index (χ0v) is 13.9. The van der Waals surface area contributed by atoms with E-state index in [1.807, 2.05) is 0 Å². The third-order valence-corrected chi connectivity index (χ3v) is 4.51. The Hall–Kier alpha value is -1.46. The van der Waals surface area contributed by atoms with Gasteiger partial charge in [0.1, 0.15) is 11.5 Å². The van der Waals surface area contributed by atoms with Crippen LogP contribution in [0.25, 0.3) is 0 Å². The molecule has 0 aliphatic heterocycles. The quantitative estimate of drug-likeness (QED) is 0.880. The van der Waals surface area contributed by atoms with E-state index in [4.69, 9.17) is 11.6 Å². The number of aryl methyl sites for hydroxylation is 1. The summed E-state index contributed by atoms with van der Waals surface area (Å²) in [4.78, 5) is 22.0. The number of aromatic nitrogens is 2. The summed E-state index contributed by atoms with van der Waals surface area (Å²) in [5.41, 5.74) is 0.516. The lowest BCUT2D eigenvalue weighted by Gasteiger charge is -2.04. The minimum atomic E-state index is -0.212. The molecule has 0 spiro atoms. The SMILES string of the molecule is CCCc1sc(C(C)C)nc1C(=O)Nc1ccc(Cl)cn1. The average Bonchev–Trinajstić information content (AvgIpc) is 2.86. The van der Waals surface area contributed by atoms with Crippen molar-refractivity contribution in [2.75, 3.05) is 5.32 Å². The van der Waals surface area contributed by atoms with E-state index >= 15 is 0 Å². The maximum atomic E-state index is 12.4. The van der Waals surface area contributed by atoms with Crippen LogP contribution in [0.5, 0.6) is 0 Å². The molecular weight excluding hydrogens is 306 g/mol. The van der Waals surface area contributed by atoms with Gasteiger partial charge >= 0.3 is 0 Å². The molecule has 4 nitrogen and oxygen atoms in total. The number of hydrogen-bond acceptors (Lipinski definition) is 4. The smallest absolute Gasteiger partial charge is 0.276 e. The van der Waals surface area contributed by atoms with Crippen molar-refractivity contribution in [2.45, 2.75) is 39.5 Å². The molecule has 1 amide bonds. The van der Waals surface area contributed by atoms with Crippen LogP contribution in [0.15, 0.2) is 18.3 Å². The van der Waals surface area contributed by atoms with Gasteiger partial charge in [-0.15, -0.1) is 11.3 Å². The Morgan fingerprint density at radius 1 is 1.43 bits per heavy atom. The van der Waals surface area contributed by atoms with Gasteiger partial charge in [0, 0.05) is 17.0 Å². The second kappa shape index (κ2) is 7.00. The summed E-state index contributed by atoms with van der Waals surface area (Å²) in [7, 11) is 0. The van der Waals surface area contributed by atoms with Crippen molar-refractivity contribution in [2.24, 2.45) is 0 Å². The Bertz CT molecular complexity index is 622. The van der Waals surface area contributed by atoms with Crippen molar-refractivity contribution in [3.63, 3.8) is 0 Å². The molecule has 0 saturated carbocycles. The van der Waals surface area contributed by atoms with Gasteiger partial charge in [-0.2, -0.15) is 0 Å². The number of amides is 1. The van der Waals surface area contributed by atoms with Gasteiger partial charge in [-0.25, -0.2) is 9.97 Å². The third kappa shape index (κ3) is 4.02. The highest BCUT2D eigenvalue weighted by Gasteiger charge is 2.19. The largest absolute Gasteiger partial charge is 0.305 e. The lowest BCUT2D eigenvalue weighted by atomic mass is 10.2. The van der Waals surface area contributed by atoms with E-state index in [1.54, 1.807) is 23.5 Å². The van der Waals surface area contributed by atoms with Gasteiger partial charge in [-0.3, -0.25) is 4.79 Å². The summed E-state index contributed by atoms with van der Waals surface area (Å²) < 4.78 is 0. The van der Waals surface area contributed by atoms with Gasteiger partial charge < -0.3 is 5.32 Å². The standard InChI is InChI=1S/C15H18ClN3OS/c1-4-5-11-13(19-15(21-11)9(2)3)14(20)18-12-7-6-10(16)8-17-12/h6-9H,4-5H2,1-3H3,(H,17,18,20). The molecule has 0 aliphatic carbocycles. The molecule has 0 bridgehead atoms. The zero-order chi connectivity index (χ0) is 15.4. The maximum absolute atomic E-state index is 12.4. The molecule has 0 fully saturated rings. The molecule has 2 rings (SSSR count). The molecule has 2 heterocycles. The number of hydrogen-bond donors (Lipinski definition) is 1. The molecule has 0 radical (unpaired) electrons. The number of halogens is 1. The Morgan fingerprint density at radius 3 is 2.76 bits per heavy atom. The molecule has 6 heteroatoms.